The zero-order valence-corrected chi connectivity index (χ0v) is 19.0. The van der Waals surface area contributed by atoms with Gasteiger partial charge in [0.25, 0.3) is 11.8 Å². The van der Waals surface area contributed by atoms with Crippen LogP contribution in [0.1, 0.15) is 98.3 Å². The van der Waals surface area contributed by atoms with Crippen molar-refractivity contribution in [1.29, 1.82) is 0 Å². The van der Waals surface area contributed by atoms with Gasteiger partial charge in [-0.05, 0) is 42.8 Å². The molecular formula is C27H38N2O2. The molecule has 31 heavy (non-hydrogen) atoms. The molecule has 0 aliphatic rings. The summed E-state index contributed by atoms with van der Waals surface area (Å²) in [5.41, 5.74) is 1.90. The molecule has 0 heterocycles. The number of amides is 2. The molecule has 0 radical (unpaired) electrons. The van der Waals surface area contributed by atoms with Crippen molar-refractivity contribution in [3.63, 3.8) is 0 Å². The van der Waals surface area contributed by atoms with Crippen LogP contribution in [0.2, 0.25) is 0 Å². The molecule has 4 nitrogen and oxygen atoms in total. The first-order valence-corrected chi connectivity index (χ1v) is 12.0. The van der Waals surface area contributed by atoms with Gasteiger partial charge >= 0.3 is 0 Å². The first-order valence-electron chi connectivity index (χ1n) is 12.0. The van der Waals surface area contributed by atoms with Crippen molar-refractivity contribution in [2.75, 3.05) is 11.9 Å². The van der Waals surface area contributed by atoms with Crippen LogP contribution in [-0.2, 0) is 0 Å². The minimum atomic E-state index is -0.158. The van der Waals surface area contributed by atoms with E-state index in [-0.39, 0.29) is 11.8 Å². The highest BCUT2D eigenvalue weighted by molar-refractivity contribution is 6.04. The van der Waals surface area contributed by atoms with Gasteiger partial charge in [0, 0.05) is 23.4 Å². The zero-order valence-electron chi connectivity index (χ0n) is 19.0. The molecule has 2 N–H and O–H groups in total. The molecule has 0 saturated carbocycles. The number of unbranched alkanes of at least 4 members (excludes halogenated alkanes) is 10. The minimum Gasteiger partial charge on any atom is -0.352 e. The van der Waals surface area contributed by atoms with E-state index >= 15 is 0 Å². The fourth-order valence-corrected chi connectivity index (χ4v) is 3.59. The first kappa shape index (κ1) is 24.6. The van der Waals surface area contributed by atoms with E-state index in [4.69, 9.17) is 0 Å². The molecule has 0 unspecified atom stereocenters. The maximum absolute atomic E-state index is 12.3. The van der Waals surface area contributed by atoms with Crippen molar-refractivity contribution in [2.45, 2.75) is 77.6 Å². The molecule has 2 rings (SSSR count). The van der Waals surface area contributed by atoms with E-state index in [2.05, 4.69) is 17.6 Å². The quantitative estimate of drug-likeness (QED) is 0.304. The summed E-state index contributed by atoms with van der Waals surface area (Å²) in [7, 11) is 0. The van der Waals surface area contributed by atoms with Crippen LogP contribution in [0.4, 0.5) is 5.69 Å². The summed E-state index contributed by atoms with van der Waals surface area (Å²) in [6, 6.07) is 16.1. The summed E-state index contributed by atoms with van der Waals surface area (Å²) in [6.45, 7) is 2.97. The summed E-state index contributed by atoms with van der Waals surface area (Å²) < 4.78 is 0. The van der Waals surface area contributed by atoms with Gasteiger partial charge in [0.05, 0.1) is 0 Å². The highest BCUT2D eigenvalue weighted by atomic mass is 16.2. The van der Waals surface area contributed by atoms with E-state index in [1.807, 2.05) is 18.2 Å². The van der Waals surface area contributed by atoms with Gasteiger partial charge in [0.2, 0.25) is 0 Å². The Morgan fingerprint density at radius 2 is 1.13 bits per heavy atom. The van der Waals surface area contributed by atoms with Gasteiger partial charge in [0.1, 0.15) is 0 Å². The van der Waals surface area contributed by atoms with Crippen LogP contribution in [-0.4, -0.2) is 18.4 Å². The number of carbonyl (C=O) groups excluding carboxylic acids is 2. The Kier molecular flexibility index (Phi) is 12.1. The van der Waals surface area contributed by atoms with Crippen molar-refractivity contribution in [2.24, 2.45) is 0 Å². The number of hydrogen-bond donors (Lipinski definition) is 2. The summed E-state index contributed by atoms with van der Waals surface area (Å²) >= 11 is 0. The molecule has 4 heteroatoms. The molecule has 0 saturated heterocycles. The average Bonchev–Trinajstić information content (AvgIpc) is 2.80. The number of benzene rings is 2. The number of rotatable bonds is 15. The van der Waals surface area contributed by atoms with Crippen molar-refractivity contribution in [3.05, 3.63) is 65.7 Å². The zero-order chi connectivity index (χ0) is 22.2. The monoisotopic (exact) mass is 422 g/mol. The third-order valence-electron chi connectivity index (χ3n) is 5.51. The van der Waals surface area contributed by atoms with Gasteiger partial charge < -0.3 is 10.6 Å². The Labute approximate surface area is 187 Å². The normalized spacial score (nSPS) is 10.6. The lowest BCUT2D eigenvalue weighted by Crippen LogP contribution is -2.24. The molecule has 0 bridgehead atoms. The summed E-state index contributed by atoms with van der Waals surface area (Å²) in [6.07, 6.45) is 14.3. The topological polar surface area (TPSA) is 58.2 Å². The third-order valence-corrected chi connectivity index (χ3v) is 5.51. The molecule has 2 amide bonds. The van der Waals surface area contributed by atoms with Crippen LogP contribution in [0, 0.1) is 0 Å². The largest absolute Gasteiger partial charge is 0.352 e. The standard InChI is InChI=1S/C27H38N2O2/c1-2-3-4-5-6-7-8-9-10-11-15-22-28-26(30)24-18-20-25(21-19-24)29-27(31)23-16-13-12-14-17-23/h12-14,16-21H,2-11,15,22H2,1H3,(H,28,30)(H,29,31). The van der Waals surface area contributed by atoms with Gasteiger partial charge in [-0.15, -0.1) is 0 Å². The van der Waals surface area contributed by atoms with E-state index < -0.39 is 0 Å². The molecule has 2 aromatic carbocycles. The van der Waals surface area contributed by atoms with Crippen LogP contribution in [0.15, 0.2) is 54.6 Å². The smallest absolute Gasteiger partial charge is 0.255 e. The van der Waals surface area contributed by atoms with E-state index in [0.29, 0.717) is 23.4 Å². The maximum atomic E-state index is 12.3. The molecular weight excluding hydrogens is 384 g/mol. The Bertz CT molecular complexity index is 757. The van der Waals surface area contributed by atoms with Gasteiger partial charge in [0.15, 0.2) is 0 Å². The Morgan fingerprint density at radius 1 is 0.613 bits per heavy atom. The molecule has 0 fully saturated rings. The minimum absolute atomic E-state index is 0.0620. The van der Waals surface area contributed by atoms with E-state index in [0.717, 1.165) is 6.42 Å². The molecule has 0 spiro atoms. The lowest BCUT2D eigenvalue weighted by Gasteiger charge is -2.08. The Balaban J connectivity index is 1.55. The second-order valence-electron chi connectivity index (χ2n) is 8.19. The average molecular weight is 423 g/mol. The van der Waals surface area contributed by atoms with Crippen molar-refractivity contribution < 1.29 is 9.59 Å². The Hall–Kier alpha value is -2.62. The van der Waals surface area contributed by atoms with Crippen molar-refractivity contribution >= 4 is 17.5 Å². The molecule has 2 aromatic rings. The molecule has 0 atom stereocenters. The predicted molar refractivity (Wildman–Crippen MR) is 130 cm³/mol. The van der Waals surface area contributed by atoms with Gasteiger partial charge in [-0.2, -0.15) is 0 Å². The van der Waals surface area contributed by atoms with Crippen LogP contribution < -0.4 is 10.6 Å². The lowest BCUT2D eigenvalue weighted by molar-refractivity contribution is 0.0952. The second kappa shape index (κ2) is 15.2. The van der Waals surface area contributed by atoms with Gasteiger partial charge in [-0.1, -0.05) is 89.3 Å². The fourth-order valence-electron chi connectivity index (χ4n) is 3.59. The number of nitrogens with one attached hydrogen (secondary N) is 2. The van der Waals surface area contributed by atoms with E-state index in [1.54, 1.807) is 36.4 Å². The van der Waals surface area contributed by atoms with Gasteiger partial charge in [-0.3, -0.25) is 9.59 Å². The fraction of sp³-hybridized carbons (Fsp3) is 0.481. The van der Waals surface area contributed by atoms with Crippen LogP contribution in [0.25, 0.3) is 0 Å². The SMILES string of the molecule is CCCCCCCCCCCCCNC(=O)c1ccc(NC(=O)c2ccccc2)cc1. The number of carbonyl (C=O) groups is 2. The highest BCUT2D eigenvalue weighted by Crippen LogP contribution is 2.13. The second-order valence-corrected chi connectivity index (χ2v) is 8.19. The summed E-state index contributed by atoms with van der Waals surface area (Å²) in [4.78, 5) is 24.5. The van der Waals surface area contributed by atoms with E-state index in [1.165, 1.54) is 64.2 Å². The van der Waals surface area contributed by atoms with Crippen LogP contribution >= 0.6 is 0 Å². The molecule has 168 valence electrons. The number of anilines is 1. The molecule has 0 aliphatic carbocycles. The van der Waals surface area contributed by atoms with E-state index in [9.17, 15) is 9.59 Å². The first-order chi connectivity index (χ1) is 15.2. The maximum Gasteiger partial charge on any atom is 0.255 e. The summed E-state index contributed by atoms with van der Waals surface area (Å²) in [5.74, 6) is -0.220. The third kappa shape index (κ3) is 10.3. The highest BCUT2D eigenvalue weighted by Gasteiger charge is 2.07. The molecule has 0 aromatic heterocycles. The van der Waals surface area contributed by atoms with Gasteiger partial charge in [-0.25, -0.2) is 0 Å². The lowest BCUT2D eigenvalue weighted by atomic mass is 10.1. The van der Waals surface area contributed by atoms with Crippen molar-refractivity contribution in [1.82, 2.24) is 5.32 Å². The van der Waals surface area contributed by atoms with Crippen LogP contribution in [0.5, 0.6) is 0 Å². The van der Waals surface area contributed by atoms with Crippen molar-refractivity contribution in [3.8, 4) is 0 Å². The number of hydrogen-bond acceptors (Lipinski definition) is 2. The Morgan fingerprint density at radius 3 is 1.71 bits per heavy atom. The summed E-state index contributed by atoms with van der Waals surface area (Å²) in [5, 5.41) is 5.84. The van der Waals surface area contributed by atoms with Crippen LogP contribution in [0.3, 0.4) is 0 Å². The predicted octanol–water partition coefficient (Wildman–Crippen LogP) is 6.98. The molecule has 0 aliphatic heterocycles.